The molecule has 1 N–H and O–H groups in total. The highest BCUT2D eigenvalue weighted by molar-refractivity contribution is 5.92. The third-order valence-electron chi connectivity index (χ3n) is 1.64. The van der Waals surface area contributed by atoms with E-state index in [1.54, 1.807) is 26.8 Å². The highest BCUT2D eigenvalue weighted by atomic mass is 16.5. The van der Waals surface area contributed by atoms with E-state index in [4.69, 9.17) is 10.9 Å². The number of aryl methyl sites for hydroxylation is 1. The number of terminal acetylenes is 1. The Labute approximate surface area is 82.7 Å². The van der Waals surface area contributed by atoms with Gasteiger partial charge in [0.1, 0.15) is 0 Å². The van der Waals surface area contributed by atoms with E-state index in [0.717, 1.165) is 0 Å². The summed E-state index contributed by atoms with van der Waals surface area (Å²) in [5.41, 5.74) is -0.0220. The minimum Gasteiger partial charge on any atom is -0.351 e. The van der Waals surface area contributed by atoms with Crippen molar-refractivity contribution in [3.8, 4) is 12.3 Å². The Kier molecular flexibility index (Phi) is 2.61. The Balaban J connectivity index is 2.74. The first-order valence-electron chi connectivity index (χ1n) is 4.18. The van der Waals surface area contributed by atoms with Gasteiger partial charge in [-0.2, -0.15) is 0 Å². The summed E-state index contributed by atoms with van der Waals surface area (Å²) in [6, 6.07) is 1.56. The molecule has 0 fully saturated rings. The first-order chi connectivity index (χ1) is 6.44. The zero-order valence-corrected chi connectivity index (χ0v) is 8.42. The quantitative estimate of drug-likeness (QED) is 0.714. The number of carbonyl (C=O) groups is 1. The van der Waals surface area contributed by atoms with Gasteiger partial charge >= 0.3 is 0 Å². The lowest BCUT2D eigenvalue weighted by Gasteiger charge is -2.17. The molecule has 0 spiro atoms. The predicted octanol–water partition coefficient (Wildman–Crippen LogP) is 1.12. The molecule has 0 aliphatic carbocycles. The van der Waals surface area contributed by atoms with Gasteiger partial charge in [-0.25, -0.2) is 0 Å². The molecule has 74 valence electrons. The molecule has 0 aromatic carbocycles. The van der Waals surface area contributed by atoms with Gasteiger partial charge in [0, 0.05) is 6.07 Å². The summed E-state index contributed by atoms with van der Waals surface area (Å²) >= 11 is 0. The SMILES string of the molecule is C#CC(C)(C)NC(=O)c1cc(C)no1. The molecule has 1 aromatic heterocycles. The maximum atomic E-state index is 11.5. The van der Waals surface area contributed by atoms with Crippen LogP contribution in [0.5, 0.6) is 0 Å². The fraction of sp³-hybridized carbons (Fsp3) is 0.400. The van der Waals surface area contributed by atoms with Gasteiger partial charge in [-0.15, -0.1) is 6.42 Å². The van der Waals surface area contributed by atoms with Crippen LogP contribution in [0.15, 0.2) is 10.6 Å². The molecule has 0 aliphatic rings. The molecule has 0 unspecified atom stereocenters. The first-order valence-corrected chi connectivity index (χ1v) is 4.18. The van der Waals surface area contributed by atoms with Crippen LogP contribution in [-0.2, 0) is 0 Å². The average Bonchev–Trinajstić information content (AvgIpc) is 2.51. The average molecular weight is 192 g/mol. The van der Waals surface area contributed by atoms with Crippen molar-refractivity contribution in [3.63, 3.8) is 0 Å². The zero-order chi connectivity index (χ0) is 10.8. The minimum absolute atomic E-state index is 0.172. The van der Waals surface area contributed by atoms with Crippen molar-refractivity contribution >= 4 is 5.91 Å². The van der Waals surface area contributed by atoms with Crippen molar-refractivity contribution in [1.82, 2.24) is 10.5 Å². The van der Waals surface area contributed by atoms with Gasteiger partial charge in [-0.3, -0.25) is 4.79 Å². The standard InChI is InChI=1S/C10H12N2O2/c1-5-10(3,4)11-9(13)8-6-7(2)12-14-8/h1,6H,2-4H3,(H,11,13). The Morgan fingerprint density at radius 1 is 1.71 bits per heavy atom. The van der Waals surface area contributed by atoms with Crippen LogP contribution in [0.3, 0.4) is 0 Å². The highest BCUT2D eigenvalue weighted by Crippen LogP contribution is 2.05. The number of aromatic nitrogens is 1. The molecule has 4 heteroatoms. The van der Waals surface area contributed by atoms with E-state index in [1.807, 2.05) is 0 Å². The van der Waals surface area contributed by atoms with Crippen LogP contribution in [0.1, 0.15) is 30.1 Å². The molecule has 0 saturated heterocycles. The smallest absolute Gasteiger partial charge is 0.291 e. The van der Waals surface area contributed by atoms with Gasteiger partial charge in [0.2, 0.25) is 5.76 Å². The summed E-state index contributed by atoms with van der Waals surface area (Å²) in [7, 11) is 0. The van der Waals surface area contributed by atoms with Crippen LogP contribution in [0.4, 0.5) is 0 Å². The van der Waals surface area contributed by atoms with Crippen LogP contribution in [0.25, 0.3) is 0 Å². The van der Waals surface area contributed by atoms with Crippen molar-refractivity contribution in [1.29, 1.82) is 0 Å². The van der Waals surface area contributed by atoms with Crippen molar-refractivity contribution < 1.29 is 9.32 Å². The summed E-state index contributed by atoms with van der Waals surface area (Å²) in [5, 5.41) is 6.23. The number of amides is 1. The lowest BCUT2D eigenvalue weighted by Crippen LogP contribution is -2.41. The van der Waals surface area contributed by atoms with Crippen LogP contribution < -0.4 is 5.32 Å². The lowest BCUT2D eigenvalue weighted by molar-refractivity contribution is 0.0892. The molecule has 14 heavy (non-hydrogen) atoms. The van der Waals surface area contributed by atoms with Crippen molar-refractivity contribution in [2.75, 3.05) is 0 Å². The van der Waals surface area contributed by atoms with Crippen LogP contribution in [0, 0.1) is 19.3 Å². The highest BCUT2D eigenvalue weighted by Gasteiger charge is 2.20. The van der Waals surface area contributed by atoms with Gasteiger partial charge in [-0.05, 0) is 20.8 Å². The number of nitrogens with one attached hydrogen (secondary N) is 1. The molecule has 0 aliphatic heterocycles. The largest absolute Gasteiger partial charge is 0.351 e. The van der Waals surface area contributed by atoms with Crippen molar-refractivity contribution in [2.45, 2.75) is 26.3 Å². The van der Waals surface area contributed by atoms with E-state index in [2.05, 4.69) is 16.4 Å². The number of hydrogen-bond acceptors (Lipinski definition) is 3. The molecule has 1 aromatic rings. The molecule has 4 nitrogen and oxygen atoms in total. The monoisotopic (exact) mass is 192 g/mol. The normalized spacial score (nSPS) is 10.7. The van der Waals surface area contributed by atoms with Gasteiger partial charge < -0.3 is 9.84 Å². The topological polar surface area (TPSA) is 55.1 Å². The zero-order valence-electron chi connectivity index (χ0n) is 8.42. The second-order valence-electron chi connectivity index (χ2n) is 3.56. The summed E-state index contributed by atoms with van der Waals surface area (Å²) in [6.07, 6.45) is 5.23. The number of nitrogens with zero attached hydrogens (tertiary/aromatic N) is 1. The summed E-state index contributed by atoms with van der Waals surface area (Å²) < 4.78 is 4.79. The van der Waals surface area contributed by atoms with Crippen molar-refractivity contribution in [3.05, 3.63) is 17.5 Å². The molecule has 0 atom stereocenters. The summed E-state index contributed by atoms with van der Waals surface area (Å²) in [5.74, 6) is 2.27. The lowest BCUT2D eigenvalue weighted by atomic mass is 10.1. The van der Waals surface area contributed by atoms with Crippen molar-refractivity contribution in [2.24, 2.45) is 0 Å². The van der Waals surface area contributed by atoms with Gasteiger partial charge in [0.15, 0.2) is 0 Å². The maximum Gasteiger partial charge on any atom is 0.291 e. The molecule has 1 rings (SSSR count). The summed E-state index contributed by atoms with van der Waals surface area (Å²) in [4.78, 5) is 11.5. The van der Waals surface area contributed by atoms with E-state index >= 15 is 0 Å². The molecule has 0 bridgehead atoms. The maximum absolute atomic E-state index is 11.5. The first kappa shape index (κ1) is 10.3. The van der Waals surface area contributed by atoms with Crippen LogP contribution in [-0.4, -0.2) is 16.6 Å². The van der Waals surface area contributed by atoms with Gasteiger partial charge in [0.25, 0.3) is 5.91 Å². The second-order valence-corrected chi connectivity index (χ2v) is 3.56. The third kappa shape index (κ3) is 2.36. The molecule has 1 heterocycles. The van der Waals surface area contributed by atoms with E-state index in [9.17, 15) is 4.79 Å². The van der Waals surface area contributed by atoms with E-state index in [-0.39, 0.29) is 11.7 Å². The minimum atomic E-state index is -0.683. The fourth-order valence-corrected chi connectivity index (χ4v) is 0.852. The molecule has 1 amide bonds. The predicted molar refractivity (Wildman–Crippen MR) is 51.6 cm³/mol. The van der Waals surface area contributed by atoms with Gasteiger partial charge in [-0.1, -0.05) is 11.1 Å². The summed E-state index contributed by atoms with van der Waals surface area (Å²) in [6.45, 7) is 5.20. The fourth-order valence-electron chi connectivity index (χ4n) is 0.852. The Morgan fingerprint density at radius 2 is 2.36 bits per heavy atom. The Morgan fingerprint density at radius 3 is 2.79 bits per heavy atom. The van der Waals surface area contributed by atoms with E-state index in [0.29, 0.717) is 5.69 Å². The number of hydrogen-bond donors (Lipinski definition) is 1. The Hall–Kier alpha value is -1.76. The number of carbonyl (C=O) groups excluding carboxylic acids is 1. The van der Waals surface area contributed by atoms with E-state index < -0.39 is 5.54 Å². The third-order valence-corrected chi connectivity index (χ3v) is 1.64. The second kappa shape index (κ2) is 3.54. The van der Waals surface area contributed by atoms with E-state index in [1.165, 1.54) is 0 Å². The molecular formula is C10H12N2O2. The van der Waals surface area contributed by atoms with Crippen LogP contribution in [0.2, 0.25) is 0 Å². The Bertz CT molecular complexity index is 385. The molecule has 0 radical (unpaired) electrons. The molecule has 0 saturated carbocycles. The van der Waals surface area contributed by atoms with Gasteiger partial charge in [0.05, 0.1) is 11.2 Å². The molecular weight excluding hydrogens is 180 g/mol. The van der Waals surface area contributed by atoms with Crippen LogP contribution >= 0.6 is 0 Å². The number of rotatable bonds is 2.